The molecule has 0 saturated heterocycles. The molecule has 0 aliphatic carbocycles. The smallest absolute Gasteiger partial charge is 0.349 e. The molecule has 3 rings (SSSR count). The van der Waals surface area contributed by atoms with Crippen molar-refractivity contribution in [1.82, 2.24) is 0 Å². The Morgan fingerprint density at radius 2 is 1.91 bits per heavy atom. The van der Waals surface area contributed by atoms with Crippen LogP contribution in [-0.2, 0) is 4.79 Å². The van der Waals surface area contributed by atoms with Gasteiger partial charge in [0.2, 0.25) is 0 Å². The molecule has 23 heavy (non-hydrogen) atoms. The van der Waals surface area contributed by atoms with Crippen LogP contribution in [-0.4, -0.2) is 25.8 Å². The predicted octanol–water partition coefficient (Wildman–Crippen LogP) is 3.40. The van der Waals surface area contributed by atoms with E-state index in [-0.39, 0.29) is 6.61 Å². The van der Waals surface area contributed by atoms with Crippen molar-refractivity contribution in [3.05, 3.63) is 47.0 Å². The molecule has 0 N–H and O–H groups in total. The molecule has 0 fully saturated rings. The molecule has 0 bridgehead atoms. The number of aryl methyl sites for hydroxylation is 1. The van der Waals surface area contributed by atoms with Crippen molar-refractivity contribution in [3.8, 4) is 23.0 Å². The minimum Gasteiger partial charge on any atom is -0.486 e. The normalized spacial score (nSPS) is 12.6. The zero-order valence-corrected chi connectivity index (χ0v) is 13.3. The largest absolute Gasteiger partial charge is 0.486 e. The number of ether oxygens (including phenoxy) is 4. The molecule has 2 aromatic carbocycles. The first kappa shape index (κ1) is 15.5. The van der Waals surface area contributed by atoms with Crippen LogP contribution in [0.1, 0.15) is 5.56 Å². The van der Waals surface area contributed by atoms with Crippen LogP contribution in [0.2, 0.25) is 5.02 Å². The van der Waals surface area contributed by atoms with Crippen LogP contribution < -0.4 is 18.9 Å². The molecule has 0 atom stereocenters. The predicted molar refractivity (Wildman–Crippen MR) is 84.8 cm³/mol. The van der Waals surface area contributed by atoms with Gasteiger partial charge in [0.15, 0.2) is 18.1 Å². The molecule has 1 aliphatic rings. The monoisotopic (exact) mass is 334 g/mol. The Morgan fingerprint density at radius 3 is 2.70 bits per heavy atom. The zero-order valence-electron chi connectivity index (χ0n) is 12.5. The van der Waals surface area contributed by atoms with E-state index in [0.29, 0.717) is 41.2 Å². The van der Waals surface area contributed by atoms with Crippen molar-refractivity contribution in [1.29, 1.82) is 0 Å². The van der Waals surface area contributed by atoms with E-state index in [1.165, 1.54) is 0 Å². The lowest BCUT2D eigenvalue weighted by Crippen LogP contribution is -2.19. The van der Waals surface area contributed by atoms with E-state index in [9.17, 15) is 4.79 Å². The minimum absolute atomic E-state index is 0.198. The Kier molecular flexibility index (Phi) is 4.57. The zero-order chi connectivity index (χ0) is 16.2. The minimum atomic E-state index is -0.504. The molecular weight excluding hydrogens is 320 g/mol. The molecule has 1 heterocycles. The highest BCUT2D eigenvalue weighted by molar-refractivity contribution is 6.30. The lowest BCUT2D eigenvalue weighted by Gasteiger charge is -2.18. The first-order valence-electron chi connectivity index (χ1n) is 7.11. The molecule has 0 aromatic heterocycles. The van der Waals surface area contributed by atoms with Crippen LogP contribution in [0.3, 0.4) is 0 Å². The summed E-state index contributed by atoms with van der Waals surface area (Å²) < 4.78 is 21.5. The number of benzene rings is 2. The van der Waals surface area contributed by atoms with E-state index in [2.05, 4.69) is 0 Å². The topological polar surface area (TPSA) is 54.0 Å². The second-order valence-corrected chi connectivity index (χ2v) is 5.41. The van der Waals surface area contributed by atoms with Crippen molar-refractivity contribution in [3.63, 3.8) is 0 Å². The highest BCUT2D eigenvalue weighted by Gasteiger charge is 2.14. The Balaban J connectivity index is 1.59. The molecule has 2 aromatic rings. The van der Waals surface area contributed by atoms with Gasteiger partial charge in [0.05, 0.1) is 0 Å². The maximum Gasteiger partial charge on any atom is 0.349 e. The van der Waals surface area contributed by atoms with Gasteiger partial charge in [0.1, 0.15) is 24.7 Å². The number of esters is 1. The molecule has 0 radical (unpaired) electrons. The average Bonchev–Trinajstić information content (AvgIpc) is 2.54. The fourth-order valence-electron chi connectivity index (χ4n) is 2.16. The summed E-state index contributed by atoms with van der Waals surface area (Å²) in [5, 5.41) is 0.619. The average molecular weight is 335 g/mol. The van der Waals surface area contributed by atoms with E-state index in [0.717, 1.165) is 5.56 Å². The van der Waals surface area contributed by atoms with E-state index >= 15 is 0 Å². The summed E-state index contributed by atoms with van der Waals surface area (Å²) in [6.45, 7) is 2.65. The fraction of sp³-hybridized carbons (Fsp3) is 0.235. The van der Waals surface area contributed by atoms with E-state index in [4.69, 9.17) is 30.5 Å². The van der Waals surface area contributed by atoms with Crippen LogP contribution in [0.5, 0.6) is 23.0 Å². The molecule has 1 aliphatic heterocycles. The number of carbonyl (C=O) groups is 1. The van der Waals surface area contributed by atoms with Gasteiger partial charge in [0, 0.05) is 11.1 Å². The fourth-order valence-corrected chi connectivity index (χ4v) is 2.39. The summed E-state index contributed by atoms with van der Waals surface area (Å²) in [5.41, 5.74) is 0.852. The highest BCUT2D eigenvalue weighted by Crippen LogP contribution is 2.33. The van der Waals surface area contributed by atoms with Gasteiger partial charge in [-0.1, -0.05) is 11.6 Å². The number of carbonyl (C=O) groups excluding carboxylic acids is 1. The molecule has 6 heteroatoms. The van der Waals surface area contributed by atoms with Gasteiger partial charge in [-0.15, -0.1) is 0 Å². The van der Waals surface area contributed by atoms with Crippen molar-refractivity contribution < 1.29 is 23.7 Å². The van der Waals surface area contributed by atoms with Gasteiger partial charge in [-0.25, -0.2) is 4.79 Å². The van der Waals surface area contributed by atoms with Crippen molar-refractivity contribution in [2.75, 3.05) is 19.8 Å². The molecular formula is C17H15ClO5. The number of hydrogen-bond donors (Lipinski definition) is 0. The summed E-state index contributed by atoms with van der Waals surface area (Å²) in [4.78, 5) is 11.9. The molecule has 0 spiro atoms. The standard InChI is InChI=1S/C17H15ClO5/c1-11-8-12(18)2-4-14(11)22-10-17(19)23-13-3-5-15-16(9-13)21-7-6-20-15/h2-5,8-9H,6-7,10H2,1H3. The summed E-state index contributed by atoms with van der Waals surface area (Å²) in [5.74, 6) is 1.68. The number of rotatable bonds is 4. The molecule has 5 nitrogen and oxygen atoms in total. The maximum atomic E-state index is 11.9. The highest BCUT2D eigenvalue weighted by atomic mass is 35.5. The van der Waals surface area contributed by atoms with Gasteiger partial charge < -0.3 is 18.9 Å². The third-order valence-corrected chi connectivity index (χ3v) is 3.46. The summed E-state index contributed by atoms with van der Waals surface area (Å²) >= 11 is 5.88. The molecule has 0 saturated carbocycles. The van der Waals surface area contributed by atoms with Crippen LogP contribution in [0.4, 0.5) is 0 Å². The van der Waals surface area contributed by atoms with Gasteiger partial charge >= 0.3 is 5.97 Å². The van der Waals surface area contributed by atoms with Crippen LogP contribution in [0, 0.1) is 6.92 Å². The van der Waals surface area contributed by atoms with Crippen molar-refractivity contribution in [2.24, 2.45) is 0 Å². The summed E-state index contributed by atoms with van der Waals surface area (Å²) in [6.07, 6.45) is 0. The van der Waals surface area contributed by atoms with E-state index in [1.807, 2.05) is 6.92 Å². The van der Waals surface area contributed by atoms with Crippen LogP contribution in [0.15, 0.2) is 36.4 Å². The molecule has 120 valence electrons. The number of fused-ring (bicyclic) bond motifs is 1. The van der Waals surface area contributed by atoms with Gasteiger partial charge in [-0.05, 0) is 42.8 Å². The van der Waals surface area contributed by atoms with Crippen molar-refractivity contribution in [2.45, 2.75) is 6.92 Å². The number of hydrogen-bond acceptors (Lipinski definition) is 5. The maximum absolute atomic E-state index is 11.9. The first-order chi connectivity index (χ1) is 11.1. The summed E-state index contributed by atoms with van der Waals surface area (Å²) in [6, 6.07) is 10.2. The lowest BCUT2D eigenvalue weighted by atomic mass is 10.2. The van der Waals surface area contributed by atoms with Crippen LogP contribution >= 0.6 is 11.6 Å². The quantitative estimate of drug-likeness (QED) is 0.633. The first-order valence-corrected chi connectivity index (χ1v) is 7.49. The number of halogens is 1. The lowest BCUT2D eigenvalue weighted by molar-refractivity contribution is -0.136. The van der Waals surface area contributed by atoms with Gasteiger partial charge in [-0.2, -0.15) is 0 Å². The van der Waals surface area contributed by atoms with E-state index in [1.54, 1.807) is 36.4 Å². The molecule has 0 amide bonds. The Bertz CT molecular complexity index is 729. The third kappa shape index (κ3) is 3.87. The molecule has 0 unspecified atom stereocenters. The SMILES string of the molecule is Cc1cc(Cl)ccc1OCC(=O)Oc1ccc2c(c1)OCCO2. The Hall–Kier alpha value is -2.40. The third-order valence-electron chi connectivity index (χ3n) is 3.23. The van der Waals surface area contributed by atoms with Gasteiger partial charge in [-0.3, -0.25) is 0 Å². The Morgan fingerprint density at radius 1 is 1.13 bits per heavy atom. The second kappa shape index (κ2) is 6.79. The van der Waals surface area contributed by atoms with E-state index < -0.39 is 5.97 Å². The second-order valence-electron chi connectivity index (χ2n) is 4.98. The van der Waals surface area contributed by atoms with Crippen molar-refractivity contribution >= 4 is 17.6 Å². The van der Waals surface area contributed by atoms with Crippen LogP contribution in [0.25, 0.3) is 0 Å². The van der Waals surface area contributed by atoms with Gasteiger partial charge in [0.25, 0.3) is 0 Å². The summed E-state index contributed by atoms with van der Waals surface area (Å²) in [7, 11) is 0. The Labute approximate surface area is 138 Å².